The Kier molecular flexibility index (Phi) is 4.07. The molecule has 0 heterocycles. The molecule has 0 aromatic rings. The molecule has 0 radical (unpaired) electrons. The van der Waals surface area contributed by atoms with Crippen LogP contribution in [0.25, 0.3) is 0 Å². The maximum Gasteiger partial charge on any atom is 0.0308 e. The van der Waals surface area contributed by atoms with Crippen LogP contribution in [-0.4, -0.2) is 18.6 Å². The van der Waals surface area contributed by atoms with Crippen LogP contribution in [0.15, 0.2) is 12.4 Å². The van der Waals surface area contributed by atoms with Crippen molar-refractivity contribution < 1.29 is 0 Å². The summed E-state index contributed by atoms with van der Waals surface area (Å²) in [5.74, 6) is 5.24. The molecule has 0 aliphatic heterocycles. The molecule has 3 nitrogen and oxygen atoms in total. The Morgan fingerprint density at radius 1 is 1.75 bits per heavy atom. The zero-order valence-electron chi connectivity index (χ0n) is 5.39. The van der Waals surface area contributed by atoms with E-state index in [0.717, 1.165) is 6.54 Å². The number of nitrogens with two attached hydrogens (primary N) is 1. The molecule has 0 rings (SSSR count). The van der Waals surface area contributed by atoms with Gasteiger partial charge < -0.3 is 10.3 Å². The van der Waals surface area contributed by atoms with Crippen molar-refractivity contribution in [2.45, 2.75) is 6.92 Å². The summed E-state index contributed by atoms with van der Waals surface area (Å²) in [5.41, 5.74) is 0. The molecule has 8 heavy (non-hydrogen) atoms. The van der Waals surface area contributed by atoms with Crippen LogP contribution in [0.1, 0.15) is 6.92 Å². The molecule has 0 aliphatic rings. The van der Waals surface area contributed by atoms with Crippen molar-refractivity contribution in [3.8, 4) is 0 Å². The Morgan fingerprint density at radius 2 is 2.38 bits per heavy atom. The second-order valence-electron chi connectivity index (χ2n) is 1.54. The molecule has 0 aromatic carbocycles. The molecule has 3 heteroatoms. The number of hydrogen-bond acceptors (Lipinski definition) is 3. The Balaban J connectivity index is 3.07. The predicted molar refractivity (Wildman–Crippen MR) is 34.8 cm³/mol. The smallest absolute Gasteiger partial charge is 0.0308 e. The van der Waals surface area contributed by atoms with Crippen molar-refractivity contribution in [2.75, 3.05) is 13.6 Å². The highest BCUT2D eigenvalue weighted by molar-refractivity contribution is 4.74. The van der Waals surface area contributed by atoms with E-state index >= 15 is 0 Å². The third kappa shape index (κ3) is 5.30. The number of nitrogens with one attached hydrogen (secondary N) is 1. The van der Waals surface area contributed by atoms with Crippen molar-refractivity contribution >= 4 is 0 Å². The molecule has 0 aliphatic carbocycles. The zero-order chi connectivity index (χ0) is 6.41. The highest BCUT2D eigenvalue weighted by Gasteiger charge is 1.71. The van der Waals surface area contributed by atoms with E-state index in [1.54, 1.807) is 19.4 Å². The number of nitrogens with zero attached hydrogens (tertiary/aromatic N) is 1. The first kappa shape index (κ1) is 7.30. The normalized spacial score (nSPS) is 9.88. The summed E-state index contributed by atoms with van der Waals surface area (Å²) in [6.07, 6.45) is 3.56. The van der Waals surface area contributed by atoms with Crippen LogP contribution in [0.3, 0.4) is 0 Å². The van der Waals surface area contributed by atoms with Crippen LogP contribution in [0.4, 0.5) is 0 Å². The molecule has 0 amide bonds. The lowest BCUT2D eigenvalue weighted by atomic mass is 10.7. The Bertz CT molecular complexity index is 68.1. The van der Waals surface area contributed by atoms with E-state index in [1.807, 2.05) is 6.92 Å². The minimum absolute atomic E-state index is 0.935. The van der Waals surface area contributed by atoms with Gasteiger partial charge in [-0.2, -0.15) is 0 Å². The fourth-order valence-electron chi connectivity index (χ4n) is 0.288. The second-order valence-corrected chi connectivity index (χ2v) is 1.54. The van der Waals surface area contributed by atoms with Crippen LogP contribution in [-0.2, 0) is 0 Å². The lowest BCUT2D eigenvalue weighted by molar-refractivity contribution is 0.481. The van der Waals surface area contributed by atoms with E-state index in [4.69, 9.17) is 5.84 Å². The van der Waals surface area contributed by atoms with Gasteiger partial charge >= 0.3 is 0 Å². The molecule has 0 aromatic heterocycles. The molecule has 0 atom stereocenters. The van der Waals surface area contributed by atoms with Gasteiger partial charge in [0, 0.05) is 26.0 Å². The van der Waals surface area contributed by atoms with Crippen LogP contribution in [0.5, 0.6) is 0 Å². The molecular formula is C5H13N3. The highest BCUT2D eigenvalue weighted by Crippen LogP contribution is 1.67. The van der Waals surface area contributed by atoms with Gasteiger partial charge in [-0.15, -0.1) is 0 Å². The summed E-state index contributed by atoms with van der Waals surface area (Å²) < 4.78 is 0. The maximum absolute atomic E-state index is 5.24. The third-order valence-corrected chi connectivity index (χ3v) is 0.632. The Labute approximate surface area is 50.1 Å². The van der Waals surface area contributed by atoms with E-state index in [2.05, 4.69) is 5.32 Å². The van der Waals surface area contributed by atoms with E-state index < -0.39 is 0 Å². The topological polar surface area (TPSA) is 41.3 Å². The van der Waals surface area contributed by atoms with Crippen molar-refractivity contribution in [3.63, 3.8) is 0 Å². The fourth-order valence-corrected chi connectivity index (χ4v) is 0.288. The first-order valence-corrected chi connectivity index (χ1v) is 2.65. The molecule has 3 N–H and O–H groups in total. The quantitative estimate of drug-likeness (QED) is 0.398. The molecule has 0 saturated carbocycles. The minimum atomic E-state index is 0.935. The van der Waals surface area contributed by atoms with Crippen LogP contribution < -0.4 is 11.2 Å². The average molecular weight is 115 g/mol. The largest absolute Gasteiger partial charge is 0.390 e. The summed E-state index contributed by atoms with van der Waals surface area (Å²) in [6, 6.07) is 0. The van der Waals surface area contributed by atoms with Crippen LogP contribution in [0.2, 0.25) is 0 Å². The van der Waals surface area contributed by atoms with Crippen LogP contribution in [0, 0.1) is 0 Å². The Hall–Kier alpha value is -0.700. The van der Waals surface area contributed by atoms with Crippen molar-refractivity contribution in [3.05, 3.63) is 12.4 Å². The Morgan fingerprint density at radius 3 is 2.75 bits per heavy atom. The van der Waals surface area contributed by atoms with Gasteiger partial charge in [-0.3, -0.25) is 0 Å². The lowest BCUT2D eigenvalue weighted by Gasteiger charge is -2.02. The molecule has 0 saturated heterocycles. The van der Waals surface area contributed by atoms with E-state index in [-0.39, 0.29) is 0 Å². The highest BCUT2D eigenvalue weighted by atomic mass is 15.4. The number of hydrogen-bond donors (Lipinski definition) is 2. The number of hydrazine groups is 1. The minimum Gasteiger partial charge on any atom is -0.390 e. The van der Waals surface area contributed by atoms with Gasteiger partial charge in [0.05, 0.1) is 0 Å². The van der Waals surface area contributed by atoms with Crippen molar-refractivity contribution in [2.24, 2.45) is 5.84 Å². The van der Waals surface area contributed by atoms with Crippen LogP contribution >= 0.6 is 0 Å². The van der Waals surface area contributed by atoms with Gasteiger partial charge in [-0.1, -0.05) is 0 Å². The first-order valence-electron chi connectivity index (χ1n) is 2.65. The molecule has 48 valence electrons. The maximum atomic E-state index is 5.24. The number of rotatable bonds is 3. The van der Waals surface area contributed by atoms with Gasteiger partial charge in [0.1, 0.15) is 0 Å². The molecule has 0 spiro atoms. The van der Waals surface area contributed by atoms with Gasteiger partial charge in [-0.05, 0) is 6.92 Å². The van der Waals surface area contributed by atoms with E-state index in [1.165, 1.54) is 5.01 Å². The molecule has 0 bridgehead atoms. The summed E-state index contributed by atoms with van der Waals surface area (Å²) in [5, 5.41) is 4.47. The zero-order valence-corrected chi connectivity index (χ0v) is 5.39. The van der Waals surface area contributed by atoms with E-state index in [9.17, 15) is 0 Å². The third-order valence-electron chi connectivity index (χ3n) is 0.632. The van der Waals surface area contributed by atoms with Crippen molar-refractivity contribution in [1.82, 2.24) is 10.3 Å². The van der Waals surface area contributed by atoms with Gasteiger partial charge in [0.2, 0.25) is 0 Å². The monoisotopic (exact) mass is 115 g/mol. The predicted octanol–water partition coefficient (Wildman–Crippen LogP) is -0.127. The summed E-state index contributed by atoms with van der Waals surface area (Å²) >= 11 is 0. The first-order chi connectivity index (χ1) is 3.77. The van der Waals surface area contributed by atoms with Gasteiger partial charge in [0.15, 0.2) is 0 Å². The lowest BCUT2D eigenvalue weighted by Crippen LogP contribution is -2.19. The molecular weight excluding hydrogens is 102 g/mol. The SMILES string of the molecule is CCN/C=C\N(C)N. The van der Waals surface area contributed by atoms with Gasteiger partial charge in [-0.25, -0.2) is 5.84 Å². The molecule has 0 fully saturated rings. The average Bonchev–Trinajstić information content (AvgIpc) is 1.66. The molecule has 0 unspecified atom stereocenters. The summed E-state index contributed by atoms with van der Waals surface area (Å²) in [4.78, 5) is 0. The summed E-state index contributed by atoms with van der Waals surface area (Å²) in [6.45, 7) is 2.96. The van der Waals surface area contributed by atoms with Gasteiger partial charge in [0.25, 0.3) is 0 Å². The summed E-state index contributed by atoms with van der Waals surface area (Å²) in [7, 11) is 1.77. The standard InChI is InChI=1S/C5H13N3/c1-3-7-4-5-8(2)6/h4-5,7H,3,6H2,1-2H3/b5-4-. The second kappa shape index (κ2) is 4.46. The fraction of sp³-hybridized carbons (Fsp3) is 0.600. The van der Waals surface area contributed by atoms with E-state index in [0.29, 0.717) is 0 Å². The van der Waals surface area contributed by atoms with Crippen molar-refractivity contribution in [1.29, 1.82) is 0 Å².